The fourth-order valence-electron chi connectivity index (χ4n) is 6.39. The van der Waals surface area contributed by atoms with E-state index in [9.17, 15) is 9.59 Å². The third kappa shape index (κ3) is 7.64. The Morgan fingerprint density at radius 2 is 1.72 bits per heavy atom. The molecule has 0 radical (unpaired) electrons. The third-order valence-electron chi connectivity index (χ3n) is 8.99. The average Bonchev–Trinajstić information content (AvgIpc) is 3.03. The quantitative estimate of drug-likeness (QED) is 0.358. The molecule has 1 aliphatic carbocycles. The first-order chi connectivity index (χ1) is 20.8. The molecule has 0 bridgehead atoms. The summed E-state index contributed by atoms with van der Waals surface area (Å²) in [4.78, 5) is 41.2. The van der Waals surface area contributed by atoms with Crippen molar-refractivity contribution in [2.45, 2.75) is 70.1 Å². The van der Waals surface area contributed by atoms with Gasteiger partial charge in [0, 0.05) is 56.7 Å². The summed E-state index contributed by atoms with van der Waals surface area (Å²) in [6.07, 6.45) is 7.46. The van der Waals surface area contributed by atoms with E-state index in [1.165, 1.54) is 24.6 Å². The monoisotopic (exact) mass is 590 g/mol. The molecule has 4 N–H and O–H groups in total. The zero-order valence-electron chi connectivity index (χ0n) is 25.6. The van der Waals surface area contributed by atoms with E-state index in [-0.39, 0.29) is 29.6 Å². The minimum atomic E-state index is -0.662. The number of aromatic nitrogens is 2. The Labute approximate surface area is 254 Å². The van der Waals surface area contributed by atoms with Crippen molar-refractivity contribution in [1.29, 1.82) is 0 Å². The van der Waals surface area contributed by atoms with Crippen molar-refractivity contribution in [2.75, 3.05) is 56.5 Å². The predicted molar refractivity (Wildman–Crippen MR) is 169 cm³/mol. The van der Waals surface area contributed by atoms with Crippen molar-refractivity contribution < 1.29 is 14.3 Å². The van der Waals surface area contributed by atoms with E-state index in [1.807, 2.05) is 19.1 Å². The Balaban J connectivity index is 1.27. The highest BCUT2D eigenvalue weighted by Gasteiger charge is 2.30. The number of benzene rings is 1. The molecule has 2 saturated heterocycles. The number of amides is 2. The van der Waals surface area contributed by atoms with Crippen molar-refractivity contribution in [2.24, 2.45) is 5.73 Å². The van der Waals surface area contributed by atoms with Crippen LogP contribution in [0.5, 0.6) is 5.88 Å². The van der Waals surface area contributed by atoms with Gasteiger partial charge in [0.05, 0.1) is 6.04 Å². The molecule has 1 aromatic heterocycles. The molecule has 2 aliphatic heterocycles. The lowest BCUT2D eigenvalue weighted by molar-refractivity contribution is -0.118. The number of carbonyl (C=O) groups is 2. The molecule has 0 spiro atoms. The fraction of sp³-hybridized carbons (Fsp3) is 0.562. The average molecular weight is 591 g/mol. The number of nitrogens with two attached hydrogens (primary N) is 1. The van der Waals surface area contributed by atoms with Crippen LogP contribution in [0.1, 0.15) is 61.6 Å². The summed E-state index contributed by atoms with van der Waals surface area (Å²) < 4.78 is 6.38. The normalized spacial score (nSPS) is 22.1. The third-order valence-corrected chi connectivity index (χ3v) is 8.99. The van der Waals surface area contributed by atoms with Gasteiger partial charge in [0.2, 0.25) is 11.8 Å². The summed E-state index contributed by atoms with van der Waals surface area (Å²) in [6, 6.07) is 8.69. The molecule has 43 heavy (non-hydrogen) atoms. The molecular formula is C32H46N8O3. The summed E-state index contributed by atoms with van der Waals surface area (Å²) in [7, 11) is 2.20. The number of piperazine rings is 1. The van der Waals surface area contributed by atoms with Crippen molar-refractivity contribution >= 4 is 29.0 Å². The predicted octanol–water partition coefficient (Wildman–Crippen LogP) is 3.09. The minimum Gasteiger partial charge on any atom is -0.471 e. The number of carbonyl (C=O) groups excluding carboxylic acids is 2. The van der Waals surface area contributed by atoms with Gasteiger partial charge in [-0.25, -0.2) is 4.98 Å². The van der Waals surface area contributed by atoms with E-state index < -0.39 is 5.91 Å². The van der Waals surface area contributed by atoms with Gasteiger partial charge in [0.15, 0.2) is 11.5 Å². The summed E-state index contributed by atoms with van der Waals surface area (Å²) >= 11 is 0. The molecule has 3 aliphatic rings. The van der Waals surface area contributed by atoms with Crippen LogP contribution in [0, 0.1) is 0 Å². The number of anilines is 3. The van der Waals surface area contributed by atoms with Gasteiger partial charge in [-0.15, -0.1) is 0 Å². The van der Waals surface area contributed by atoms with Crippen LogP contribution < -0.4 is 26.0 Å². The number of likely N-dealkylation sites (N-methyl/N-ethyl adjacent to an activating group) is 1. The lowest BCUT2D eigenvalue weighted by Gasteiger charge is -2.42. The molecule has 3 heterocycles. The molecule has 5 rings (SSSR count). The van der Waals surface area contributed by atoms with E-state index in [0.717, 1.165) is 70.6 Å². The van der Waals surface area contributed by atoms with Crippen molar-refractivity contribution in [3.63, 3.8) is 0 Å². The highest BCUT2D eigenvalue weighted by atomic mass is 16.5. The molecular weight excluding hydrogens is 544 g/mol. The maximum atomic E-state index is 12.4. The van der Waals surface area contributed by atoms with Gasteiger partial charge in [0.1, 0.15) is 11.8 Å². The summed E-state index contributed by atoms with van der Waals surface area (Å²) in [5, 5.41) is 6.24. The van der Waals surface area contributed by atoms with Gasteiger partial charge < -0.3 is 30.9 Å². The molecule has 2 atom stereocenters. The van der Waals surface area contributed by atoms with Crippen molar-refractivity contribution in [1.82, 2.24) is 25.1 Å². The lowest BCUT2D eigenvalue weighted by Crippen LogP contribution is -2.52. The van der Waals surface area contributed by atoms with Gasteiger partial charge in [-0.1, -0.05) is 19.9 Å². The van der Waals surface area contributed by atoms with Crippen LogP contribution in [-0.4, -0.2) is 96.1 Å². The summed E-state index contributed by atoms with van der Waals surface area (Å²) in [5.41, 5.74) is 8.29. The topological polar surface area (TPSA) is 129 Å². The molecule has 3 fully saturated rings. The Kier molecular flexibility index (Phi) is 10.1. The zero-order valence-corrected chi connectivity index (χ0v) is 25.6. The standard InChI is InChI=1S/C32H46N8O3/c1-4-25-32(43-27-9-7-6-8-26(27)35-28(41)5-2)37-31(29(36-25)30(33)42)34-22-10-12-23(13-11-22)39-16-14-24(15-17-39)40-20-18-38(3)19-21-40/h5,10-13,24,26-27H,2,4,6-9,14-21H2,1,3H3,(H2,33,42)(H,34,37)(H,35,41). The van der Waals surface area contributed by atoms with Crippen LogP contribution in [0.4, 0.5) is 17.2 Å². The fourth-order valence-corrected chi connectivity index (χ4v) is 6.39. The minimum absolute atomic E-state index is 0.0689. The van der Waals surface area contributed by atoms with Crippen LogP contribution >= 0.6 is 0 Å². The summed E-state index contributed by atoms with van der Waals surface area (Å²) in [6.45, 7) is 12.2. The van der Waals surface area contributed by atoms with Crippen LogP contribution in [0.25, 0.3) is 0 Å². The number of ether oxygens (including phenoxy) is 1. The van der Waals surface area contributed by atoms with E-state index in [2.05, 4.69) is 56.1 Å². The molecule has 2 amide bonds. The highest BCUT2D eigenvalue weighted by molar-refractivity contribution is 5.96. The number of nitrogens with one attached hydrogen (secondary N) is 2. The van der Waals surface area contributed by atoms with Gasteiger partial charge in [-0.3, -0.25) is 14.5 Å². The van der Waals surface area contributed by atoms with E-state index >= 15 is 0 Å². The van der Waals surface area contributed by atoms with Crippen LogP contribution in [0.15, 0.2) is 36.9 Å². The van der Waals surface area contributed by atoms with Crippen LogP contribution in [0.2, 0.25) is 0 Å². The Morgan fingerprint density at radius 1 is 1.02 bits per heavy atom. The Morgan fingerprint density at radius 3 is 2.37 bits per heavy atom. The van der Waals surface area contributed by atoms with Gasteiger partial charge in [-0.2, -0.15) is 4.98 Å². The highest BCUT2D eigenvalue weighted by Crippen LogP contribution is 2.30. The first kappa shape index (κ1) is 30.7. The second kappa shape index (κ2) is 14.2. The number of piperidine rings is 1. The first-order valence-electron chi connectivity index (χ1n) is 15.7. The molecule has 11 heteroatoms. The van der Waals surface area contributed by atoms with Gasteiger partial charge in [-0.05, 0) is 75.9 Å². The second-order valence-corrected chi connectivity index (χ2v) is 11.9. The van der Waals surface area contributed by atoms with E-state index in [4.69, 9.17) is 15.5 Å². The molecule has 1 aromatic carbocycles. The zero-order chi connectivity index (χ0) is 30.3. The molecule has 11 nitrogen and oxygen atoms in total. The first-order valence-corrected chi connectivity index (χ1v) is 15.7. The number of nitrogens with zero attached hydrogens (tertiary/aromatic N) is 5. The van der Waals surface area contributed by atoms with Crippen molar-refractivity contribution in [3.8, 4) is 5.88 Å². The number of hydrogen-bond acceptors (Lipinski definition) is 9. The maximum absolute atomic E-state index is 12.4. The largest absolute Gasteiger partial charge is 0.471 e. The van der Waals surface area contributed by atoms with E-state index in [0.29, 0.717) is 24.0 Å². The summed E-state index contributed by atoms with van der Waals surface area (Å²) in [5.74, 6) is -0.288. The Hall–Kier alpha value is -3.70. The molecule has 1 saturated carbocycles. The number of hydrogen-bond donors (Lipinski definition) is 3. The number of rotatable bonds is 10. The molecule has 2 unspecified atom stereocenters. The van der Waals surface area contributed by atoms with Gasteiger partial charge in [0.25, 0.3) is 5.91 Å². The molecule has 232 valence electrons. The SMILES string of the molecule is C=CC(=O)NC1CCCCC1Oc1nc(Nc2ccc(N3CCC(N4CCN(C)CC4)CC3)cc2)c(C(N)=O)nc1CC. The Bertz CT molecular complexity index is 1270. The number of primary amides is 1. The van der Waals surface area contributed by atoms with Crippen LogP contribution in [0.3, 0.4) is 0 Å². The smallest absolute Gasteiger partial charge is 0.271 e. The van der Waals surface area contributed by atoms with Crippen LogP contribution in [-0.2, 0) is 11.2 Å². The lowest BCUT2D eigenvalue weighted by atomic mass is 9.92. The maximum Gasteiger partial charge on any atom is 0.271 e. The van der Waals surface area contributed by atoms with Crippen molar-refractivity contribution in [3.05, 3.63) is 48.3 Å². The number of aryl methyl sites for hydroxylation is 1. The van der Waals surface area contributed by atoms with E-state index in [1.54, 1.807) is 0 Å². The van der Waals surface area contributed by atoms with Gasteiger partial charge >= 0.3 is 0 Å². The second-order valence-electron chi connectivity index (χ2n) is 11.9. The molecule has 2 aromatic rings.